The normalized spacial score (nSPS) is 11.1. The highest BCUT2D eigenvalue weighted by Crippen LogP contribution is 2.34. The van der Waals surface area contributed by atoms with Gasteiger partial charge < -0.3 is 9.47 Å². The van der Waals surface area contributed by atoms with Crippen LogP contribution in [-0.4, -0.2) is 33.1 Å². The molecule has 3 aromatic heterocycles. The van der Waals surface area contributed by atoms with Crippen molar-refractivity contribution in [3.05, 3.63) is 64.2 Å². The second kappa shape index (κ2) is 7.59. The van der Waals surface area contributed by atoms with Crippen molar-refractivity contribution in [1.29, 1.82) is 0 Å². The van der Waals surface area contributed by atoms with Gasteiger partial charge in [-0.1, -0.05) is 6.07 Å². The van der Waals surface area contributed by atoms with E-state index in [2.05, 4.69) is 10.2 Å². The molecule has 0 fully saturated rings. The van der Waals surface area contributed by atoms with Crippen LogP contribution in [0.2, 0.25) is 0 Å². The van der Waals surface area contributed by atoms with E-state index in [9.17, 15) is 14.0 Å². The first-order chi connectivity index (χ1) is 14.0. The first-order valence-corrected chi connectivity index (χ1v) is 9.66. The van der Waals surface area contributed by atoms with Gasteiger partial charge in [0.15, 0.2) is 5.65 Å². The van der Waals surface area contributed by atoms with Gasteiger partial charge in [0, 0.05) is 21.8 Å². The third kappa shape index (κ3) is 3.44. The molecule has 1 aromatic carbocycles. The molecule has 148 valence electrons. The number of hydrogen-bond donors (Lipinski definition) is 0. The van der Waals surface area contributed by atoms with Crippen LogP contribution >= 0.6 is 11.3 Å². The van der Waals surface area contributed by atoms with E-state index < -0.39 is 17.8 Å². The zero-order chi connectivity index (χ0) is 20.5. The molecule has 0 spiro atoms. The number of pyridine rings is 1. The summed E-state index contributed by atoms with van der Waals surface area (Å²) in [6.45, 7) is 3.38. The number of thiophene rings is 1. The van der Waals surface area contributed by atoms with Crippen LogP contribution in [0, 0.1) is 12.7 Å². The predicted molar refractivity (Wildman–Crippen MR) is 105 cm³/mol. The number of hydrogen-bond acceptors (Lipinski definition) is 7. The highest BCUT2D eigenvalue weighted by Gasteiger charge is 2.23. The predicted octanol–water partition coefficient (Wildman–Crippen LogP) is 3.93. The number of rotatable bonds is 5. The molecule has 4 rings (SSSR count). The van der Waals surface area contributed by atoms with Gasteiger partial charge in [0.2, 0.25) is 0 Å². The summed E-state index contributed by atoms with van der Waals surface area (Å²) in [6, 6.07) is 7.80. The number of carbonyl (C=O) groups is 2. The fraction of sp³-hybridized carbons (Fsp3) is 0.200. The lowest BCUT2D eigenvalue weighted by molar-refractivity contribution is 0.0454. The van der Waals surface area contributed by atoms with Gasteiger partial charge in [-0.25, -0.2) is 14.0 Å². The average Bonchev–Trinajstić information content (AvgIpc) is 3.27. The molecular weight excluding hydrogens is 397 g/mol. The van der Waals surface area contributed by atoms with E-state index in [1.54, 1.807) is 48.7 Å². The number of benzene rings is 1. The van der Waals surface area contributed by atoms with Crippen LogP contribution in [0.3, 0.4) is 0 Å². The molecular formula is C20H16FN3O4S. The number of aryl methyl sites for hydroxylation is 1. The molecule has 0 N–H and O–H groups in total. The maximum absolute atomic E-state index is 14.4. The van der Waals surface area contributed by atoms with Crippen LogP contribution in [0.5, 0.6) is 0 Å². The minimum absolute atomic E-state index is 0.188. The Morgan fingerprint density at radius 3 is 2.76 bits per heavy atom. The molecule has 0 aliphatic heterocycles. The Labute approximate surface area is 168 Å². The summed E-state index contributed by atoms with van der Waals surface area (Å²) < 4.78 is 27.2. The Bertz CT molecular complexity index is 1250. The molecule has 4 aromatic rings. The number of aromatic nitrogens is 3. The van der Waals surface area contributed by atoms with Crippen LogP contribution in [0.1, 0.15) is 38.3 Å². The van der Waals surface area contributed by atoms with Gasteiger partial charge in [0.25, 0.3) is 0 Å². The number of fused-ring (bicyclic) bond motifs is 2. The summed E-state index contributed by atoms with van der Waals surface area (Å²) >= 11 is 1.11. The van der Waals surface area contributed by atoms with E-state index in [4.69, 9.17) is 9.47 Å². The first-order valence-electron chi connectivity index (χ1n) is 8.85. The maximum atomic E-state index is 14.4. The van der Waals surface area contributed by atoms with Crippen molar-refractivity contribution >= 4 is 39.0 Å². The monoisotopic (exact) mass is 413 g/mol. The molecule has 3 heterocycles. The van der Waals surface area contributed by atoms with Crippen molar-refractivity contribution in [2.24, 2.45) is 0 Å². The van der Waals surface area contributed by atoms with Crippen molar-refractivity contribution in [2.45, 2.75) is 20.5 Å². The smallest absolute Gasteiger partial charge is 0.348 e. The van der Waals surface area contributed by atoms with Crippen molar-refractivity contribution in [2.75, 3.05) is 6.61 Å². The van der Waals surface area contributed by atoms with Gasteiger partial charge in [0.05, 0.1) is 12.2 Å². The maximum Gasteiger partial charge on any atom is 0.348 e. The molecule has 0 bridgehead atoms. The number of ether oxygens (including phenoxy) is 2. The van der Waals surface area contributed by atoms with E-state index >= 15 is 0 Å². The summed E-state index contributed by atoms with van der Waals surface area (Å²) in [4.78, 5) is 25.1. The molecule has 0 unspecified atom stereocenters. The summed E-state index contributed by atoms with van der Waals surface area (Å²) in [5.74, 6) is -1.03. The summed E-state index contributed by atoms with van der Waals surface area (Å²) in [7, 11) is 0. The molecule has 29 heavy (non-hydrogen) atoms. The Balaban J connectivity index is 1.65. The van der Waals surface area contributed by atoms with E-state index in [1.165, 1.54) is 6.07 Å². The summed E-state index contributed by atoms with van der Waals surface area (Å²) in [6.07, 6.45) is 1.57. The van der Waals surface area contributed by atoms with Gasteiger partial charge >= 0.3 is 11.9 Å². The standard InChI is InChI=1S/C20H16FN3O4S/c1-3-27-20(26)18-13(17-14(21)5-4-6-15(17)29-18)10-28-19(25)12-7-8-16-23-22-11(2)24(16)9-12/h4-9H,3,10H2,1-2H3. The van der Waals surface area contributed by atoms with Crippen molar-refractivity contribution in [3.63, 3.8) is 0 Å². The lowest BCUT2D eigenvalue weighted by Crippen LogP contribution is -2.10. The molecule has 0 aliphatic rings. The van der Waals surface area contributed by atoms with Gasteiger partial charge in [0.1, 0.15) is 23.1 Å². The molecule has 0 radical (unpaired) electrons. The van der Waals surface area contributed by atoms with E-state index in [-0.39, 0.29) is 29.0 Å². The fourth-order valence-corrected chi connectivity index (χ4v) is 4.13. The lowest BCUT2D eigenvalue weighted by Gasteiger charge is -2.08. The molecule has 0 aliphatic carbocycles. The van der Waals surface area contributed by atoms with Gasteiger partial charge in [-0.2, -0.15) is 0 Å². The molecule has 0 atom stereocenters. The topological polar surface area (TPSA) is 82.8 Å². The zero-order valence-corrected chi connectivity index (χ0v) is 16.5. The Hall–Kier alpha value is -3.33. The third-order valence-corrected chi connectivity index (χ3v) is 5.56. The molecule has 9 heteroatoms. The number of halogens is 1. The minimum atomic E-state index is -0.606. The zero-order valence-electron chi connectivity index (χ0n) is 15.6. The van der Waals surface area contributed by atoms with E-state index in [1.807, 2.05) is 0 Å². The fourth-order valence-electron chi connectivity index (χ4n) is 3.01. The number of esters is 2. The highest BCUT2D eigenvalue weighted by molar-refractivity contribution is 7.21. The highest BCUT2D eigenvalue weighted by atomic mass is 32.1. The summed E-state index contributed by atoms with van der Waals surface area (Å²) in [5.41, 5.74) is 1.20. The number of nitrogens with zero attached hydrogens (tertiary/aromatic N) is 3. The second-order valence-corrected chi connectivity index (χ2v) is 7.26. The SMILES string of the molecule is CCOC(=O)c1sc2cccc(F)c2c1COC(=O)c1ccc2nnc(C)n2c1. The van der Waals surface area contributed by atoms with Crippen LogP contribution in [0.4, 0.5) is 4.39 Å². The lowest BCUT2D eigenvalue weighted by atomic mass is 10.1. The van der Waals surface area contributed by atoms with Crippen molar-refractivity contribution in [3.8, 4) is 0 Å². The Kier molecular flexibility index (Phi) is 4.98. The molecule has 0 amide bonds. The van der Waals surface area contributed by atoms with E-state index in [0.29, 0.717) is 21.7 Å². The van der Waals surface area contributed by atoms with Gasteiger partial charge in [-0.05, 0) is 38.1 Å². The molecule has 0 saturated carbocycles. The van der Waals surface area contributed by atoms with Gasteiger partial charge in [-0.15, -0.1) is 21.5 Å². The first kappa shape index (κ1) is 19.0. The minimum Gasteiger partial charge on any atom is -0.462 e. The van der Waals surface area contributed by atoms with Crippen LogP contribution in [-0.2, 0) is 16.1 Å². The van der Waals surface area contributed by atoms with Crippen LogP contribution in [0.25, 0.3) is 15.7 Å². The third-order valence-electron chi connectivity index (χ3n) is 4.38. The van der Waals surface area contributed by atoms with Crippen LogP contribution < -0.4 is 0 Å². The number of carbonyl (C=O) groups excluding carboxylic acids is 2. The van der Waals surface area contributed by atoms with E-state index in [0.717, 1.165) is 11.3 Å². The molecule has 7 nitrogen and oxygen atoms in total. The Morgan fingerprint density at radius 2 is 1.97 bits per heavy atom. The van der Waals surface area contributed by atoms with Gasteiger partial charge in [-0.3, -0.25) is 4.40 Å². The molecule has 0 saturated heterocycles. The Morgan fingerprint density at radius 1 is 1.14 bits per heavy atom. The quantitative estimate of drug-likeness (QED) is 0.461. The van der Waals surface area contributed by atoms with Crippen molar-refractivity contribution < 1.29 is 23.5 Å². The van der Waals surface area contributed by atoms with Crippen molar-refractivity contribution in [1.82, 2.24) is 14.6 Å². The second-order valence-electron chi connectivity index (χ2n) is 6.21. The summed E-state index contributed by atoms with van der Waals surface area (Å²) in [5, 5.41) is 8.17. The average molecular weight is 413 g/mol. The van der Waals surface area contributed by atoms with Crippen LogP contribution in [0.15, 0.2) is 36.5 Å². The largest absolute Gasteiger partial charge is 0.462 e.